The van der Waals surface area contributed by atoms with Gasteiger partial charge in [-0.1, -0.05) is 20.8 Å². The van der Waals surface area contributed by atoms with Crippen LogP contribution in [0.2, 0.25) is 0 Å². The van der Waals surface area contributed by atoms with Crippen LogP contribution in [0.25, 0.3) is 0 Å². The van der Waals surface area contributed by atoms with Crippen molar-refractivity contribution in [1.82, 2.24) is 0 Å². The molecular weight excluding hydrogens is 246 g/mol. The Balaban J connectivity index is 1.98. The summed E-state index contributed by atoms with van der Waals surface area (Å²) in [6, 6.07) is 6.25. The van der Waals surface area contributed by atoms with E-state index in [0.29, 0.717) is 13.2 Å². The van der Waals surface area contributed by atoms with E-state index in [4.69, 9.17) is 15.2 Å². The van der Waals surface area contributed by atoms with E-state index < -0.39 is 0 Å². The van der Waals surface area contributed by atoms with E-state index in [0.717, 1.165) is 17.3 Å². The Morgan fingerprint density at radius 1 is 1.22 bits per heavy atom. The first-order valence-electron chi connectivity index (χ1n) is 6.25. The molecule has 1 aliphatic heterocycles. The van der Waals surface area contributed by atoms with Crippen LogP contribution in [0.5, 0.6) is 11.5 Å². The lowest BCUT2D eigenvalue weighted by Gasteiger charge is -2.26. The van der Waals surface area contributed by atoms with Gasteiger partial charge in [-0.3, -0.25) is 0 Å². The number of fused-ring (bicyclic) bond motifs is 1. The van der Waals surface area contributed by atoms with Gasteiger partial charge in [-0.2, -0.15) is 0 Å². The number of rotatable bonds is 3. The van der Waals surface area contributed by atoms with Crippen molar-refractivity contribution in [3.8, 4) is 11.5 Å². The maximum absolute atomic E-state index is 6.16. The highest BCUT2D eigenvalue weighted by Crippen LogP contribution is 2.35. The van der Waals surface area contributed by atoms with Crippen LogP contribution in [0.4, 0.5) is 0 Å². The molecular formula is C14H21NO2S. The maximum Gasteiger partial charge on any atom is 0.162 e. The molecule has 1 aliphatic rings. The Morgan fingerprint density at radius 3 is 2.56 bits per heavy atom. The molecule has 0 bridgehead atoms. The fourth-order valence-electron chi connectivity index (χ4n) is 1.55. The van der Waals surface area contributed by atoms with Gasteiger partial charge < -0.3 is 15.2 Å². The van der Waals surface area contributed by atoms with Gasteiger partial charge in [0.25, 0.3) is 0 Å². The average Bonchev–Trinajstić information content (AvgIpc) is 2.34. The van der Waals surface area contributed by atoms with Gasteiger partial charge >= 0.3 is 0 Å². The van der Waals surface area contributed by atoms with Gasteiger partial charge in [0.05, 0.1) is 0 Å². The molecule has 0 radical (unpaired) electrons. The highest BCUT2D eigenvalue weighted by molar-refractivity contribution is 7.99. The van der Waals surface area contributed by atoms with Gasteiger partial charge in [0.2, 0.25) is 0 Å². The second-order valence-electron chi connectivity index (χ2n) is 5.59. The Bertz CT molecular complexity index is 415. The van der Waals surface area contributed by atoms with E-state index in [2.05, 4.69) is 26.8 Å². The van der Waals surface area contributed by atoms with E-state index >= 15 is 0 Å². The van der Waals surface area contributed by atoms with Crippen LogP contribution in [0, 0.1) is 5.41 Å². The van der Waals surface area contributed by atoms with Gasteiger partial charge in [0, 0.05) is 16.7 Å². The summed E-state index contributed by atoms with van der Waals surface area (Å²) in [5.41, 5.74) is 6.30. The molecule has 3 nitrogen and oxygen atoms in total. The van der Waals surface area contributed by atoms with Crippen molar-refractivity contribution < 1.29 is 9.47 Å². The maximum atomic E-state index is 6.16. The van der Waals surface area contributed by atoms with Crippen LogP contribution >= 0.6 is 11.8 Å². The van der Waals surface area contributed by atoms with Gasteiger partial charge in [-0.05, 0) is 23.6 Å². The van der Waals surface area contributed by atoms with Gasteiger partial charge in [0.1, 0.15) is 13.2 Å². The second-order valence-corrected chi connectivity index (χ2v) is 6.68. The summed E-state index contributed by atoms with van der Waals surface area (Å²) in [4.78, 5) is 1.18. The fraction of sp³-hybridized carbons (Fsp3) is 0.571. The van der Waals surface area contributed by atoms with E-state index in [-0.39, 0.29) is 11.5 Å². The third-order valence-electron chi connectivity index (χ3n) is 3.06. The lowest BCUT2D eigenvalue weighted by molar-refractivity contribution is 0.171. The molecule has 0 saturated carbocycles. The van der Waals surface area contributed by atoms with Crippen LogP contribution in [0.3, 0.4) is 0 Å². The molecule has 0 saturated heterocycles. The third kappa shape index (κ3) is 3.33. The quantitative estimate of drug-likeness (QED) is 0.855. The van der Waals surface area contributed by atoms with Crippen molar-refractivity contribution in [2.24, 2.45) is 11.1 Å². The Morgan fingerprint density at radius 2 is 1.89 bits per heavy atom. The largest absolute Gasteiger partial charge is 0.486 e. The SMILES string of the molecule is CC(C)(C)C(N)CSc1ccc2c(c1)OCCO2. The van der Waals surface area contributed by atoms with E-state index in [1.165, 1.54) is 4.90 Å². The molecule has 1 heterocycles. The van der Waals surface area contributed by atoms with Crippen LogP contribution in [0.1, 0.15) is 20.8 Å². The number of ether oxygens (including phenoxy) is 2. The Hall–Kier alpha value is -0.870. The minimum atomic E-state index is 0.140. The summed E-state index contributed by atoms with van der Waals surface area (Å²) in [6.07, 6.45) is 0. The van der Waals surface area contributed by atoms with Crippen LogP contribution in [0.15, 0.2) is 23.1 Å². The molecule has 0 spiro atoms. The Labute approximate surface area is 113 Å². The lowest BCUT2D eigenvalue weighted by atomic mass is 9.89. The summed E-state index contributed by atoms with van der Waals surface area (Å²) in [5.74, 6) is 2.59. The van der Waals surface area contributed by atoms with Crippen molar-refractivity contribution in [3.63, 3.8) is 0 Å². The Kier molecular flexibility index (Phi) is 4.07. The zero-order chi connectivity index (χ0) is 13.2. The first-order chi connectivity index (χ1) is 8.47. The van der Waals surface area contributed by atoms with Crippen molar-refractivity contribution in [2.75, 3.05) is 19.0 Å². The molecule has 100 valence electrons. The molecule has 1 aromatic carbocycles. The molecule has 1 atom stereocenters. The highest BCUT2D eigenvalue weighted by atomic mass is 32.2. The number of nitrogens with two attached hydrogens (primary N) is 1. The second kappa shape index (κ2) is 5.41. The fourth-order valence-corrected chi connectivity index (χ4v) is 2.78. The van der Waals surface area contributed by atoms with Crippen molar-refractivity contribution in [3.05, 3.63) is 18.2 Å². The molecule has 0 aliphatic carbocycles. The standard InChI is InChI=1S/C14H21NO2S/c1-14(2,3)13(15)9-18-10-4-5-11-12(8-10)17-7-6-16-11/h4-5,8,13H,6-7,9,15H2,1-3H3. The molecule has 0 fully saturated rings. The molecule has 1 aromatic rings. The first-order valence-corrected chi connectivity index (χ1v) is 7.23. The molecule has 18 heavy (non-hydrogen) atoms. The first kappa shape index (κ1) is 13.6. The van der Waals surface area contributed by atoms with Crippen LogP contribution in [-0.2, 0) is 0 Å². The number of hydrogen-bond donors (Lipinski definition) is 1. The normalized spacial score (nSPS) is 16.4. The summed E-state index contributed by atoms with van der Waals surface area (Å²) >= 11 is 1.77. The summed E-state index contributed by atoms with van der Waals surface area (Å²) in [6.45, 7) is 7.77. The molecule has 2 N–H and O–H groups in total. The van der Waals surface area contributed by atoms with Gasteiger partial charge in [-0.15, -0.1) is 11.8 Å². The molecule has 0 amide bonds. The van der Waals surface area contributed by atoms with Crippen molar-refractivity contribution in [1.29, 1.82) is 0 Å². The average molecular weight is 267 g/mol. The molecule has 4 heteroatoms. The topological polar surface area (TPSA) is 44.5 Å². The zero-order valence-corrected chi connectivity index (χ0v) is 12.0. The predicted molar refractivity (Wildman–Crippen MR) is 75.6 cm³/mol. The van der Waals surface area contributed by atoms with Crippen molar-refractivity contribution >= 4 is 11.8 Å². The monoisotopic (exact) mass is 267 g/mol. The van der Waals surface area contributed by atoms with E-state index in [9.17, 15) is 0 Å². The molecule has 0 aromatic heterocycles. The highest BCUT2D eigenvalue weighted by Gasteiger charge is 2.21. The zero-order valence-electron chi connectivity index (χ0n) is 11.2. The number of benzene rings is 1. The van der Waals surface area contributed by atoms with Gasteiger partial charge in [0.15, 0.2) is 11.5 Å². The van der Waals surface area contributed by atoms with Gasteiger partial charge in [-0.25, -0.2) is 0 Å². The number of hydrogen-bond acceptors (Lipinski definition) is 4. The van der Waals surface area contributed by atoms with Crippen molar-refractivity contribution in [2.45, 2.75) is 31.7 Å². The third-order valence-corrected chi connectivity index (χ3v) is 4.17. The molecule has 2 rings (SSSR count). The molecule has 1 unspecified atom stereocenters. The smallest absolute Gasteiger partial charge is 0.162 e. The minimum absolute atomic E-state index is 0.140. The van der Waals surface area contributed by atoms with Crippen LogP contribution < -0.4 is 15.2 Å². The minimum Gasteiger partial charge on any atom is -0.486 e. The summed E-state index contributed by atoms with van der Waals surface area (Å²) < 4.78 is 11.1. The lowest BCUT2D eigenvalue weighted by Crippen LogP contribution is -2.37. The predicted octanol–water partition coefficient (Wildman–Crippen LogP) is 2.92. The summed E-state index contributed by atoms with van der Waals surface area (Å²) in [7, 11) is 0. The summed E-state index contributed by atoms with van der Waals surface area (Å²) in [5, 5.41) is 0. The van der Waals surface area contributed by atoms with E-state index in [1.807, 2.05) is 12.1 Å². The van der Waals surface area contributed by atoms with Crippen LogP contribution in [-0.4, -0.2) is 25.0 Å². The number of thioether (sulfide) groups is 1. The van der Waals surface area contributed by atoms with E-state index in [1.54, 1.807) is 11.8 Å².